The number of anilines is 1. The number of nitrogens with zero attached hydrogens (tertiary/aromatic N) is 1. The van der Waals surface area contributed by atoms with E-state index < -0.39 is 10.0 Å². The molecule has 3 N–H and O–H groups in total. The number of phenolic OH excluding ortho intramolecular Hbond substituents is 1. The number of aryl methyl sites for hydroxylation is 1. The second kappa shape index (κ2) is 6.44. The van der Waals surface area contributed by atoms with Gasteiger partial charge in [-0.1, -0.05) is 6.07 Å². The minimum atomic E-state index is -3.86. The van der Waals surface area contributed by atoms with Crippen molar-refractivity contribution in [3.63, 3.8) is 0 Å². The molecule has 1 aliphatic rings. The predicted octanol–water partition coefficient (Wildman–Crippen LogP) is 2.37. The first-order valence-electron chi connectivity index (χ1n) is 8.09. The number of H-pyrrole nitrogens is 1. The van der Waals surface area contributed by atoms with Crippen LogP contribution in [0.1, 0.15) is 34.5 Å². The van der Waals surface area contributed by atoms with E-state index in [1.54, 1.807) is 30.9 Å². The molecule has 1 amide bonds. The van der Waals surface area contributed by atoms with Gasteiger partial charge >= 0.3 is 0 Å². The van der Waals surface area contributed by atoms with Crippen LogP contribution in [0, 0.1) is 13.8 Å². The van der Waals surface area contributed by atoms with Crippen molar-refractivity contribution in [3.8, 4) is 5.75 Å². The third-order valence-corrected chi connectivity index (χ3v) is 5.81. The molecule has 0 atom stereocenters. The number of hydrogen-bond acceptors (Lipinski definition) is 4. The maximum absolute atomic E-state index is 12.6. The predicted molar refractivity (Wildman–Crippen MR) is 94.3 cm³/mol. The van der Waals surface area contributed by atoms with Gasteiger partial charge in [-0.25, -0.2) is 8.42 Å². The van der Waals surface area contributed by atoms with Crippen molar-refractivity contribution in [1.29, 1.82) is 0 Å². The Hall–Kier alpha value is -2.48. The number of carbonyl (C=O) groups excluding carboxylic acids is 1. The summed E-state index contributed by atoms with van der Waals surface area (Å²) in [6.45, 7) is 4.77. The number of benzene rings is 1. The highest BCUT2D eigenvalue weighted by Gasteiger charge is 2.24. The lowest BCUT2D eigenvalue weighted by atomic mass is 10.1. The van der Waals surface area contributed by atoms with Crippen LogP contribution in [-0.4, -0.2) is 42.4 Å². The molecule has 0 radical (unpaired) electrons. The first kappa shape index (κ1) is 17.3. The van der Waals surface area contributed by atoms with E-state index in [0.29, 0.717) is 29.9 Å². The van der Waals surface area contributed by atoms with Crippen LogP contribution in [0.3, 0.4) is 0 Å². The topological polar surface area (TPSA) is 102 Å². The van der Waals surface area contributed by atoms with E-state index >= 15 is 0 Å². The van der Waals surface area contributed by atoms with Gasteiger partial charge in [0, 0.05) is 24.8 Å². The quantitative estimate of drug-likeness (QED) is 0.776. The number of likely N-dealkylation sites (tertiary alicyclic amines) is 1. The molecule has 1 saturated heterocycles. The van der Waals surface area contributed by atoms with E-state index in [2.05, 4.69) is 9.71 Å². The van der Waals surface area contributed by atoms with Crippen LogP contribution in [0.15, 0.2) is 29.3 Å². The molecule has 8 heteroatoms. The molecule has 0 bridgehead atoms. The lowest BCUT2D eigenvalue weighted by molar-refractivity contribution is 0.0787. The van der Waals surface area contributed by atoms with E-state index in [0.717, 1.165) is 12.8 Å². The third kappa shape index (κ3) is 3.34. The fraction of sp³-hybridized carbons (Fsp3) is 0.353. The highest BCUT2D eigenvalue weighted by atomic mass is 32.2. The number of nitrogens with one attached hydrogen (secondary N) is 2. The first-order valence-corrected chi connectivity index (χ1v) is 9.57. The zero-order chi connectivity index (χ0) is 18.2. The Morgan fingerprint density at radius 2 is 1.92 bits per heavy atom. The van der Waals surface area contributed by atoms with Gasteiger partial charge in [0.25, 0.3) is 15.9 Å². The Balaban J connectivity index is 1.84. The summed E-state index contributed by atoms with van der Waals surface area (Å²) in [6.07, 6.45) is 3.24. The Morgan fingerprint density at radius 1 is 1.24 bits per heavy atom. The molecule has 1 aliphatic heterocycles. The Morgan fingerprint density at radius 3 is 2.60 bits per heavy atom. The standard InChI is InChI=1S/C17H21N3O4S/c1-11-5-6-14(12(2)16(11)21)19-25(23,24)13-9-15(18-10-13)17(22)20-7-3-4-8-20/h5-6,9-10,18-19,21H,3-4,7-8H2,1-2H3. The third-order valence-electron chi connectivity index (χ3n) is 4.47. The summed E-state index contributed by atoms with van der Waals surface area (Å²) in [7, 11) is -3.86. The molecule has 2 heterocycles. The normalized spacial score (nSPS) is 14.7. The largest absolute Gasteiger partial charge is 0.507 e. The van der Waals surface area contributed by atoms with Crippen molar-refractivity contribution < 1.29 is 18.3 Å². The second-order valence-corrected chi connectivity index (χ2v) is 7.94. The molecule has 0 unspecified atom stereocenters. The van der Waals surface area contributed by atoms with Crippen LogP contribution in [0.25, 0.3) is 0 Å². The van der Waals surface area contributed by atoms with Gasteiger partial charge in [0.1, 0.15) is 16.3 Å². The summed E-state index contributed by atoms with van der Waals surface area (Å²) in [4.78, 5) is 16.8. The molecule has 1 aromatic heterocycles. The van der Waals surface area contributed by atoms with Gasteiger partial charge in [-0.05, 0) is 44.4 Å². The van der Waals surface area contributed by atoms with E-state index in [-0.39, 0.29) is 22.2 Å². The summed E-state index contributed by atoms with van der Waals surface area (Å²) in [5.74, 6) is -0.137. The van der Waals surface area contributed by atoms with Crippen LogP contribution in [-0.2, 0) is 10.0 Å². The van der Waals surface area contributed by atoms with Crippen LogP contribution in [0.2, 0.25) is 0 Å². The molecule has 0 saturated carbocycles. The Labute approximate surface area is 146 Å². The van der Waals surface area contributed by atoms with Crippen molar-refractivity contribution >= 4 is 21.6 Å². The summed E-state index contributed by atoms with van der Waals surface area (Å²) in [5.41, 5.74) is 1.68. The zero-order valence-corrected chi connectivity index (χ0v) is 15.0. The summed E-state index contributed by atoms with van der Waals surface area (Å²) < 4.78 is 27.6. The minimum Gasteiger partial charge on any atom is -0.507 e. The maximum atomic E-state index is 12.6. The Kier molecular flexibility index (Phi) is 4.47. The minimum absolute atomic E-state index is 0.0190. The molecule has 134 valence electrons. The number of amides is 1. The van der Waals surface area contributed by atoms with Gasteiger partial charge in [-0.3, -0.25) is 9.52 Å². The van der Waals surface area contributed by atoms with Crippen molar-refractivity contribution in [2.75, 3.05) is 17.8 Å². The summed E-state index contributed by atoms with van der Waals surface area (Å²) in [5, 5.41) is 9.96. The average Bonchev–Trinajstić information content (AvgIpc) is 3.26. The van der Waals surface area contributed by atoms with E-state index in [9.17, 15) is 18.3 Å². The van der Waals surface area contributed by atoms with E-state index in [1.165, 1.54) is 12.3 Å². The molecule has 7 nitrogen and oxygen atoms in total. The fourth-order valence-electron chi connectivity index (χ4n) is 2.89. The smallest absolute Gasteiger partial charge is 0.270 e. The van der Waals surface area contributed by atoms with Crippen LogP contribution >= 0.6 is 0 Å². The lowest BCUT2D eigenvalue weighted by Gasteiger charge is -2.13. The molecular weight excluding hydrogens is 342 g/mol. The highest BCUT2D eigenvalue weighted by Crippen LogP contribution is 2.29. The average molecular weight is 363 g/mol. The van der Waals surface area contributed by atoms with Crippen molar-refractivity contribution in [3.05, 3.63) is 41.2 Å². The van der Waals surface area contributed by atoms with Crippen LogP contribution < -0.4 is 4.72 Å². The van der Waals surface area contributed by atoms with Gasteiger partial charge in [0.15, 0.2) is 0 Å². The molecular formula is C17H21N3O4S. The van der Waals surface area contributed by atoms with Crippen LogP contribution in [0.5, 0.6) is 5.75 Å². The Bertz CT molecular complexity index is 912. The van der Waals surface area contributed by atoms with E-state index in [1.807, 2.05) is 0 Å². The van der Waals surface area contributed by atoms with Gasteiger partial charge in [0.05, 0.1) is 5.69 Å². The highest BCUT2D eigenvalue weighted by molar-refractivity contribution is 7.92. The van der Waals surface area contributed by atoms with Crippen molar-refractivity contribution in [2.45, 2.75) is 31.6 Å². The molecule has 0 aliphatic carbocycles. The number of hydrogen-bond donors (Lipinski definition) is 3. The van der Waals surface area contributed by atoms with Gasteiger partial charge < -0.3 is 15.0 Å². The molecule has 1 aromatic carbocycles. The fourth-order valence-corrected chi connectivity index (χ4v) is 4.01. The number of rotatable bonds is 4. The number of carbonyl (C=O) groups is 1. The number of phenols is 1. The molecule has 25 heavy (non-hydrogen) atoms. The number of aromatic amines is 1. The molecule has 0 spiro atoms. The van der Waals surface area contributed by atoms with Gasteiger partial charge in [-0.15, -0.1) is 0 Å². The van der Waals surface area contributed by atoms with E-state index in [4.69, 9.17) is 0 Å². The van der Waals surface area contributed by atoms with Crippen LogP contribution in [0.4, 0.5) is 5.69 Å². The number of aromatic nitrogens is 1. The monoisotopic (exact) mass is 363 g/mol. The zero-order valence-electron chi connectivity index (χ0n) is 14.2. The summed E-state index contributed by atoms with van der Waals surface area (Å²) >= 11 is 0. The molecule has 3 rings (SSSR count). The van der Waals surface area contributed by atoms with Gasteiger partial charge in [0.2, 0.25) is 0 Å². The molecule has 2 aromatic rings. The SMILES string of the molecule is Cc1ccc(NS(=O)(=O)c2c[nH]c(C(=O)N3CCCC3)c2)c(C)c1O. The molecule has 1 fully saturated rings. The second-order valence-electron chi connectivity index (χ2n) is 6.26. The number of sulfonamides is 1. The van der Waals surface area contributed by atoms with Crippen molar-refractivity contribution in [2.24, 2.45) is 0 Å². The van der Waals surface area contributed by atoms with Gasteiger partial charge in [-0.2, -0.15) is 0 Å². The number of aromatic hydroxyl groups is 1. The first-order chi connectivity index (χ1) is 11.8. The summed E-state index contributed by atoms with van der Waals surface area (Å²) in [6, 6.07) is 4.58. The maximum Gasteiger partial charge on any atom is 0.270 e. The van der Waals surface area contributed by atoms with Crippen molar-refractivity contribution in [1.82, 2.24) is 9.88 Å². The lowest BCUT2D eigenvalue weighted by Crippen LogP contribution is -2.27.